The molecule has 1 aromatic carbocycles. The monoisotopic (exact) mass is 399 g/mol. The molecule has 1 amide bonds. The Labute approximate surface area is 170 Å². The zero-order valence-corrected chi connectivity index (χ0v) is 16.9. The van der Waals surface area contributed by atoms with Gasteiger partial charge in [0.15, 0.2) is 5.76 Å². The van der Waals surface area contributed by atoms with Crippen LogP contribution < -0.4 is 10.1 Å². The van der Waals surface area contributed by atoms with Crippen molar-refractivity contribution in [3.8, 4) is 5.75 Å². The van der Waals surface area contributed by atoms with Gasteiger partial charge in [0.1, 0.15) is 18.1 Å². The number of hydrogen-bond acceptors (Lipinski definition) is 3. The van der Waals surface area contributed by atoms with Gasteiger partial charge in [0.2, 0.25) is 0 Å². The van der Waals surface area contributed by atoms with Gasteiger partial charge in [-0.25, -0.2) is 0 Å². The van der Waals surface area contributed by atoms with Gasteiger partial charge in [0, 0.05) is 11.1 Å². The average Bonchev–Trinajstić information content (AvgIpc) is 3.12. The molecule has 0 spiro atoms. The summed E-state index contributed by atoms with van der Waals surface area (Å²) in [6.07, 6.45) is 6.57. The van der Waals surface area contributed by atoms with Crippen molar-refractivity contribution >= 4 is 17.5 Å². The van der Waals surface area contributed by atoms with Crippen LogP contribution in [0.3, 0.4) is 0 Å². The van der Waals surface area contributed by atoms with Gasteiger partial charge < -0.3 is 14.5 Å². The van der Waals surface area contributed by atoms with Crippen LogP contribution in [0.25, 0.3) is 0 Å². The first-order chi connectivity index (χ1) is 13.5. The third kappa shape index (κ3) is 3.43. The molecule has 4 aliphatic carbocycles. The Balaban J connectivity index is 1.20. The lowest BCUT2D eigenvalue weighted by Crippen LogP contribution is -2.55. The number of rotatable bonds is 5. The van der Waals surface area contributed by atoms with Crippen molar-refractivity contribution in [1.29, 1.82) is 0 Å². The third-order valence-corrected chi connectivity index (χ3v) is 7.15. The molecule has 4 bridgehead atoms. The Morgan fingerprint density at radius 1 is 1.11 bits per heavy atom. The van der Waals surface area contributed by atoms with Crippen LogP contribution in [0.4, 0.5) is 0 Å². The minimum atomic E-state index is -0.0913. The minimum absolute atomic E-state index is 0.0913. The van der Waals surface area contributed by atoms with Crippen LogP contribution in [-0.4, -0.2) is 11.9 Å². The maximum absolute atomic E-state index is 12.8. The second-order valence-corrected chi connectivity index (χ2v) is 9.33. The van der Waals surface area contributed by atoms with E-state index in [0.29, 0.717) is 34.4 Å². The Hall–Kier alpha value is -1.94. The smallest absolute Gasteiger partial charge is 0.287 e. The van der Waals surface area contributed by atoms with Crippen molar-refractivity contribution in [2.45, 2.75) is 51.7 Å². The van der Waals surface area contributed by atoms with Gasteiger partial charge in [-0.2, -0.15) is 0 Å². The zero-order valence-electron chi connectivity index (χ0n) is 16.1. The number of hydrogen-bond donors (Lipinski definition) is 1. The molecular formula is C23H26ClNO3. The molecule has 6 rings (SSSR count). The molecule has 28 heavy (non-hydrogen) atoms. The number of amides is 1. The Bertz CT molecular complexity index is 862. The third-order valence-electron chi connectivity index (χ3n) is 6.92. The molecule has 4 aliphatic rings. The number of benzene rings is 1. The molecule has 1 N–H and O–H groups in total. The van der Waals surface area contributed by atoms with Crippen LogP contribution in [0.15, 0.2) is 34.7 Å². The topological polar surface area (TPSA) is 51.5 Å². The van der Waals surface area contributed by atoms with Crippen LogP contribution in [0.5, 0.6) is 5.75 Å². The first kappa shape index (κ1) is 18.1. The highest BCUT2D eigenvalue weighted by Gasteiger charge is 2.48. The van der Waals surface area contributed by atoms with Crippen molar-refractivity contribution in [1.82, 2.24) is 5.32 Å². The van der Waals surface area contributed by atoms with E-state index in [1.807, 2.05) is 25.1 Å². The van der Waals surface area contributed by atoms with E-state index < -0.39 is 0 Å². The second kappa shape index (κ2) is 7.14. The molecule has 0 saturated heterocycles. The number of carbonyl (C=O) groups is 1. The normalized spacial score (nSPS) is 30.4. The molecular weight excluding hydrogens is 374 g/mol. The molecule has 5 heteroatoms. The summed E-state index contributed by atoms with van der Waals surface area (Å²) in [6, 6.07) is 9.40. The summed E-state index contributed by atoms with van der Waals surface area (Å²) in [4.78, 5) is 12.8. The predicted octanol–water partition coefficient (Wildman–Crippen LogP) is 5.37. The van der Waals surface area contributed by atoms with E-state index in [1.165, 1.54) is 32.1 Å². The number of aryl methyl sites for hydroxylation is 1. The lowest BCUT2D eigenvalue weighted by molar-refractivity contribution is -0.0123. The van der Waals surface area contributed by atoms with Crippen molar-refractivity contribution in [2.24, 2.45) is 23.7 Å². The quantitative estimate of drug-likeness (QED) is 0.734. The minimum Gasteiger partial charge on any atom is -0.485 e. The highest BCUT2D eigenvalue weighted by atomic mass is 35.5. The lowest BCUT2D eigenvalue weighted by Gasteiger charge is -2.54. The molecule has 4 nitrogen and oxygen atoms in total. The summed E-state index contributed by atoms with van der Waals surface area (Å²) < 4.78 is 11.6. The molecule has 0 atom stereocenters. The van der Waals surface area contributed by atoms with Crippen molar-refractivity contribution in [2.75, 3.05) is 0 Å². The Morgan fingerprint density at radius 3 is 2.50 bits per heavy atom. The van der Waals surface area contributed by atoms with Gasteiger partial charge in [-0.3, -0.25) is 4.79 Å². The van der Waals surface area contributed by atoms with Gasteiger partial charge in [0.25, 0.3) is 5.91 Å². The molecule has 1 heterocycles. The van der Waals surface area contributed by atoms with Crippen LogP contribution in [-0.2, 0) is 6.61 Å². The first-order valence-corrected chi connectivity index (χ1v) is 10.7. The Morgan fingerprint density at radius 2 is 1.82 bits per heavy atom. The summed E-state index contributed by atoms with van der Waals surface area (Å²) in [5, 5.41) is 3.98. The van der Waals surface area contributed by atoms with E-state index >= 15 is 0 Å². The standard InChI is InChI=1S/C23H26ClNO3/c1-13-6-18(24)2-4-20(13)27-12-19-3-5-21(28-19)23(26)25-22-16-8-14-7-15(10-16)11-17(22)9-14/h2-6,14-17,22H,7-12H2,1H3,(H,25,26). The van der Waals surface area contributed by atoms with Crippen molar-refractivity contribution < 1.29 is 13.9 Å². The van der Waals surface area contributed by atoms with E-state index in [9.17, 15) is 4.79 Å². The summed E-state index contributed by atoms with van der Waals surface area (Å²) in [7, 11) is 0. The van der Waals surface area contributed by atoms with E-state index in [4.69, 9.17) is 20.8 Å². The molecule has 4 fully saturated rings. The SMILES string of the molecule is Cc1cc(Cl)ccc1OCc1ccc(C(=O)NC2C3CC4CC(C3)CC2C4)o1. The maximum Gasteiger partial charge on any atom is 0.287 e. The van der Waals surface area contributed by atoms with Crippen LogP contribution >= 0.6 is 11.6 Å². The summed E-state index contributed by atoms with van der Waals surface area (Å²) in [6.45, 7) is 2.24. The second-order valence-electron chi connectivity index (χ2n) is 8.89. The highest BCUT2D eigenvalue weighted by Crippen LogP contribution is 2.53. The summed E-state index contributed by atoms with van der Waals surface area (Å²) in [5.74, 6) is 4.81. The number of carbonyl (C=O) groups excluding carboxylic acids is 1. The van der Waals surface area contributed by atoms with E-state index in [2.05, 4.69) is 5.32 Å². The molecule has 1 aromatic heterocycles. The predicted molar refractivity (Wildman–Crippen MR) is 108 cm³/mol. The number of ether oxygens (including phenoxy) is 1. The van der Waals surface area contributed by atoms with Gasteiger partial charge in [-0.1, -0.05) is 11.6 Å². The van der Waals surface area contributed by atoms with Crippen LogP contribution in [0.1, 0.15) is 54.0 Å². The fourth-order valence-corrected chi connectivity index (χ4v) is 6.11. The molecule has 0 aliphatic heterocycles. The van der Waals surface area contributed by atoms with Crippen molar-refractivity contribution in [3.63, 3.8) is 0 Å². The molecule has 148 valence electrons. The number of furan rings is 1. The average molecular weight is 400 g/mol. The number of nitrogens with one attached hydrogen (secondary N) is 1. The first-order valence-electron chi connectivity index (χ1n) is 10.3. The summed E-state index contributed by atoms with van der Waals surface area (Å²) >= 11 is 5.98. The largest absolute Gasteiger partial charge is 0.485 e. The van der Waals surface area contributed by atoms with Gasteiger partial charge in [0.05, 0.1) is 0 Å². The Kier molecular flexibility index (Phi) is 4.62. The molecule has 4 saturated carbocycles. The zero-order chi connectivity index (χ0) is 19.3. The van der Waals surface area contributed by atoms with Crippen molar-refractivity contribution in [3.05, 3.63) is 52.4 Å². The fraction of sp³-hybridized carbons (Fsp3) is 0.522. The van der Waals surface area contributed by atoms with Crippen LogP contribution in [0.2, 0.25) is 5.02 Å². The molecule has 2 aromatic rings. The number of halogens is 1. The van der Waals surface area contributed by atoms with Crippen LogP contribution in [0, 0.1) is 30.6 Å². The van der Waals surface area contributed by atoms with Gasteiger partial charge >= 0.3 is 0 Å². The summed E-state index contributed by atoms with van der Waals surface area (Å²) in [5.41, 5.74) is 0.971. The van der Waals surface area contributed by atoms with Gasteiger partial charge in [-0.15, -0.1) is 0 Å². The maximum atomic E-state index is 12.8. The lowest BCUT2D eigenvalue weighted by atomic mass is 9.54. The molecule has 0 radical (unpaired) electrons. The highest BCUT2D eigenvalue weighted by molar-refractivity contribution is 6.30. The fourth-order valence-electron chi connectivity index (χ4n) is 5.88. The molecule has 0 unspecified atom stereocenters. The van der Waals surface area contributed by atoms with E-state index in [0.717, 1.165) is 23.1 Å². The van der Waals surface area contributed by atoms with Gasteiger partial charge in [-0.05, 0) is 98.6 Å². The van der Waals surface area contributed by atoms with E-state index in [1.54, 1.807) is 12.1 Å². The van der Waals surface area contributed by atoms with E-state index in [-0.39, 0.29) is 12.5 Å².